The molecule has 2 rings (SSSR count). The molecule has 112 valence electrons. The van der Waals surface area contributed by atoms with E-state index >= 15 is 0 Å². The van der Waals surface area contributed by atoms with Crippen molar-refractivity contribution in [1.82, 2.24) is 0 Å². The molecular formula is C15H16ClNO4. The van der Waals surface area contributed by atoms with Crippen molar-refractivity contribution in [3.63, 3.8) is 0 Å². The van der Waals surface area contributed by atoms with Crippen molar-refractivity contribution in [1.29, 1.82) is 0 Å². The topological polar surface area (TPSA) is 57.1 Å². The fourth-order valence-electron chi connectivity index (χ4n) is 1.90. The number of carbonyl (C=O) groups excluding carboxylic acids is 1. The van der Waals surface area contributed by atoms with Gasteiger partial charge < -0.3 is 14.3 Å². The van der Waals surface area contributed by atoms with E-state index in [2.05, 4.69) is 9.99 Å². The van der Waals surface area contributed by atoms with Crippen LogP contribution in [-0.2, 0) is 9.63 Å². The van der Waals surface area contributed by atoms with Gasteiger partial charge in [0.2, 0.25) is 0 Å². The van der Waals surface area contributed by atoms with Gasteiger partial charge in [-0.3, -0.25) is 0 Å². The molecule has 0 fully saturated rings. The summed E-state index contributed by atoms with van der Waals surface area (Å²) in [6.45, 7) is 6.42. The first kappa shape index (κ1) is 15.4. The van der Waals surface area contributed by atoms with E-state index in [4.69, 9.17) is 21.1 Å². The van der Waals surface area contributed by atoms with Crippen LogP contribution in [0.4, 0.5) is 0 Å². The highest BCUT2D eigenvalue weighted by molar-refractivity contribution is 6.32. The standard InChI is InChI=1S/C15H16ClNO4/c1-4-19-13-8-10(7-12(16)14(13)20-5-2)6-11-9(3)17-21-15(11)18/h6-8H,4-5H2,1-3H3/b11-6-. The Labute approximate surface area is 128 Å². The first-order valence-corrected chi connectivity index (χ1v) is 7.01. The lowest BCUT2D eigenvalue weighted by atomic mass is 10.1. The predicted octanol–water partition coefficient (Wildman–Crippen LogP) is 3.45. The second-order valence-electron chi connectivity index (χ2n) is 4.31. The van der Waals surface area contributed by atoms with Gasteiger partial charge in [0.25, 0.3) is 0 Å². The maximum atomic E-state index is 11.6. The van der Waals surface area contributed by atoms with Crippen molar-refractivity contribution in [3.8, 4) is 11.5 Å². The molecule has 0 unspecified atom stereocenters. The zero-order valence-electron chi connectivity index (χ0n) is 12.1. The summed E-state index contributed by atoms with van der Waals surface area (Å²) in [6, 6.07) is 3.48. The van der Waals surface area contributed by atoms with Crippen LogP contribution in [0.25, 0.3) is 6.08 Å². The third kappa shape index (κ3) is 3.36. The van der Waals surface area contributed by atoms with Crippen LogP contribution < -0.4 is 9.47 Å². The van der Waals surface area contributed by atoms with Crippen LogP contribution in [0.1, 0.15) is 26.3 Å². The second kappa shape index (κ2) is 6.63. The van der Waals surface area contributed by atoms with Gasteiger partial charge in [-0.25, -0.2) is 4.79 Å². The third-order valence-electron chi connectivity index (χ3n) is 2.81. The highest BCUT2D eigenvalue weighted by Crippen LogP contribution is 2.37. The summed E-state index contributed by atoms with van der Waals surface area (Å²) < 4.78 is 11.0. The first-order valence-electron chi connectivity index (χ1n) is 6.64. The third-order valence-corrected chi connectivity index (χ3v) is 3.09. The van der Waals surface area contributed by atoms with Crippen molar-refractivity contribution < 1.29 is 19.1 Å². The Kier molecular flexibility index (Phi) is 4.85. The minimum atomic E-state index is -0.476. The number of halogens is 1. The average Bonchev–Trinajstić information content (AvgIpc) is 2.75. The summed E-state index contributed by atoms with van der Waals surface area (Å²) in [6.07, 6.45) is 1.66. The van der Waals surface area contributed by atoms with E-state index in [1.54, 1.807) is 25.1 Å². The van der Waals surface area contributed by atoms with Gasteiger partial charge in [-0.1, -0.05) is 16.8 Å². The van der Waals surface area contributed by atoms with E-state index in [-0.39, 0.29) is 0 Å². The molecule has 0 radical (unpaired) electrons. The Morgan fingerprint density at radius 2 is 2.00 bits per heavy atom. The van der Waals surface area contributed by atoms with Crippen LogP contribution in [0.2, 0.25) is 5.02 Å². The van der Waals surface area contributed by atoms with Crippen LogP contribution >= 0.6 is 11.6 Å². The molecule has 5 nitrogen and oxygen atoms in total. The molecule has 0 aromatic heterocycles. The summed E-state index contributed by atoms with van der Waals surface area (Å²) in [4.78, 5) is 16.2. The fourth-order valence-corrected chi connectivity index (χ4v) is 2.18. The molecule has 1 aliphatic heterocycles. The van der Waals surface area contributed by atoms with E-state index in [1.165, 1.54) is 0 Å². The molecule has 0 spiro atoms. The number of hydrogen-bond donors (Lipinski definition) is 0. The van der Waals surface area contributed by atoms with Crippen molar-refractivity contribution in [2.45, 2.75) is 20.8 Å². The number of ether oxygens (including phenoxy) is 2. The molecule has 0 bridgehead atoms. The number of nitrogens with zero attached hydrogens (tertiary/aromatic N) is 1. The largest absolute Gasteiger partial charge is 0.490 e. The maximum absolute atomic E-state index is 11.6. The van der Waals surface area contributed by atoms with Crippen molar-refractivity contribution in [3.05, 3.63) is 28.3 Å². The van der Waals surface area contributed by atoms with E-state index in [0.717, 1.165) is 5.56 Å². The van der Waals surface area contributed by atoms with Gasteiger partial charge in [0.05, 0.1) is 29.5 Å². The van der Waals surface area contributed by atoms with Crippen LogP contribution in [0.15, 0.2) is 22.9 Å². The monoisotopic (exact) mass is 309 g/mol. The minimum absolute atomic E-state index is 0.401. The number of benzene rings is 1. The van der Waals surface area contributed by atoms with Crippen molar-refractivity contribution in [2.75, 3.05) is 13.2 Å². The first-order chi connectivity index (χ1) is 10.1. The quantitative estimate of drug-likeness (QED) is 0.617. The molecule has 1 aliphatic rings. The molecule has 0 amide bonds. The molecule has 0 saturated heterocycles. The molecule has 0 N–H and O–H groups in total. The maximum Gasteiger partial charge on any atom is 0.367 e. The highest BCUT2D eigenvalue weighted by atomic mass is 35.5. The molecule has 0 aliphatic carbocycles. The zero-order valence-corrected chi connectivity index (χ0v) is 12.9. The summed E-state index contributed by atoms with van der Waals surface area (Å²) in [5.74, 6) is 0.567. The molecule has 6 heteroatoms. The van der Waals surface area contributed by atoms with Gasteiger partial charge in [-0.05, 0) is 44.5 Å². The van der Waals surface area contributed by atoms with Gasteiger partial charge in [-0.2, -0.15) is 0 Å². The van der Waals surface area contributed by atoms with E-state index in [9.17, 15) is 4.79 Å². The lowest BCUT2D eigenvalue weighted by Gasteiger charge is -2.13. The SMILES string of the molecule is CCOc1cc(/C=C2\C(=O)ON=C2C)cc(Cl)c1OCC. The van der Waals surface area contributed by atoms with Crippen LogP contribution in [0.5, 0.6) is 11.5 Å². The van der Waals surface area contributed by atoms with Crippen molar-refractivity contribution >= 4 is 29.4 Å². The Balaban J connectivity index is 2.44. The Morgan fingerprint density at radius 3 is 2.57 bits per heavy atom. The second-order valence-corrected chi connectivity index (χ2v) is 4.72. The molecular weight excluding hydrogens is 294 g/mol. The van der Waals surface area contributed by atoms with Gasteiger partial charge in [-0.15, -0.1) is 0 Å². The van der Waals surface area contributed by atoms with E-state index in [0.29, 0.717) is 41.0 Å². The number of oxime groups is 1. The highest BCUT2D eigenvalue weighted by Gasteiger charge is 2.22. The Hall–Kier alpha value is -2.01. The van der Waals surface area contributed by atoms with Crippen LogP contribution in [0.3, 0.4) is 0 Å². The molecule has 0 saturated carbocycles. The molecule has 1 aromatic rings. The van der Waals surface area contributed by atoms with Crippen LogP contribution in [0, 0.1) is 0 Å². The predicted molar refractivity (Wildman–Crippen MR) is 81.0 cm³/mol. The average molecular weight is 310 g/mol. The zero-order chi connectivity index (χ0) is 15.4. The summed E-state index contributed by atoms with van der Waals surface area (Å²) in [7, 11) is 0. The Morgan fingerprint density at radius 1 is 1.29 bits per heavy atom. The summed E-state index contributed by atoms with van der Waals surface area (Å²) in [5, 5.41) is 4.06. The fraction of sp³-hybridized carbons (Fsp3) is 0.333. The van der Waals surface area contributed by atoms with Gasteiger partial charge >= 0.3 is 5.97 Å². The summed E-state index contributed by atoms with van der Waals surface area (Å²) >= 11 is 6.23. The van der Waals surface area contributed by atoms with Gasteiger partial charge in [0.15, 0.2) is 11.5 Å². The van der Waals surface area contributed by atoms with Gasteiger partial charge in [0.1, 0.15) is 0 Å². The normalized spacial score (nSPS) is 15.9. The van der Waals surface area contributed by atoms with Crippen molar-refractivity contribution in [2.24, 2.45) is 5.16 Å². The number of carbonyl (C=O) groups is 1. The van der Waals surface area contributed by atoms with E-state index in [1.807, 2.05) is 13.8 Å². The smallest absolute Gasteiger partial charge is 0.367 e. The summed E-state index contributed by atoms with van der Waals surface area (Å²) in [5.41, 5.74) is 1.65. The van der Waals surface area contributed by atoms with E-state index < -0.39 is 5.97 Å². The lowest BCUT2D eigenvalue weighted by molar-refractivity contribution is -0.136. The number of hydrogen-bond acceptors (Lipinski definition) is 5. The molecule has 0 atom stereocenters. The number of rotatable bonds is 5. The molecule has 1 heterocycles. The molecule has 1 aromatic carbocycles. The minimum Gasteiger partial charge on any atom is -0.490 e. The van der Waals surface area contributed by atoms with Crippen LogP contribution in [-0.4, -0.2) is 24.9 Å². The lowest BCUT2D eigenvalue weighted by Crippen LogP contribution is -2.02. The molecule has 21 heavy (non-hydrogen) atoms. The Bertz CT molecular complexity index is 622. The van der Waals surface area contributed by atoms with Gasteiger partial charge in [0, 0.05) is 0 Å².